The normalized spacial score (nSPS) is 12.6. The Balaban J connectivity index is 1.81. The highest BCUT2D eigenvalue weighted by Crippen LogP contribution is 2.59. The van der Waals surface area contributed by atoms with Crippen LogP contribution in [0.2, 0.25) is 0 Å². The SMILES string of the molecule is Cc1ccc(S(=O)(=O)NC(c2ccccc2)P(=O)(Oc2ccccc2)Oc2ccccc2)cc1. The molecule has 0 spiro atoms. The van der Waals surface area contributed by atoms with Gasteiger partial charge in [-0.25, -0.2) is 13.0 Å². The third kappa shape index (κ3) is 5.75. The van der Waals surface area contributed by atoms with E-state index in [-0.39, 0.29) is 16.4 Å². The second kappa shape index (κ2) is 10.3. The predicted molar refractivity (Wildman–Crippen MR) is 132 cm³/mol. The summed E-state index contributed by atoms with van der Waals surface area (Å²) in [6.07, 6.45) is 0. The van der Waals surface area contributed by atoms with Crippen molar-refractivity contribution in [2.24, 2.45) is 0 Å². The number of hydrogen-bond acceptors (Lipinski definition) is 5. The van der Waals surface area contributed by atoms with Gasteiger partial charge in [0.25, 0.3) is 0 Å². The predicted octanol–water partition coefficient (Wildman–Crippen LogP) is 6.32. The maximum atomic E-state index is 14.4. The minimum atomic E-state index is -4.21. The molecule has 0 aliphatic carbocycles. The molecular formula is C26H24NO5PS. The van der Waals surface area contributed by atoms with E-state index in [9.17, 15) is 13.0 Å². The van der Waals surface area contributed by atoms with Crippen LogP contribution in [0.15, 0.2) is 120 Å². The third-order valence-corrected chi connectivity index (χ3v) is 8.59. The van der Waals surface area contributed by atoms with Crippen molar-refractivity contribution in [1.29, 1.82) is 0 Å². The Morgan fingerprint density at radius 2 is 1.12 bits per heavy atom. The largest absolute Gasteiger partial charge is 0.453 e. The lowest BCUT2D eigenvalue weighted by molar-refractivity contribution is 0.368. The van der Waals surface area contributed by atoms with E-state index in [1.54, 1.807) is 103 Å². The van der Waals surface area contributed by atoms with Crippen LogP contribution in [0.3, 0.4) is 0 Å². The summed E-state index contributed by atoms with van der Waals surface area (Å²) in [6.45, 7) is 1.87. The molecule has 1 N–H and O–H groups in total. The highest BCUT2D eigenvalue weighted by atomic mass is 32.2. The maximum absolute atomic E-state index is 14.4. The van der Waals surface area contributed by atoms with Gasteiger partial charge in [0.05, 0.1) is 4.90 Å². The summed E-state index contributed by atoms with van der Waals surface area (Å²) in [7, 11) is -8.29. The van der Waals surface area contributed by atoms with Crippen molar-refractivity contribution >= 4 is 17.6 Å². The first-order chi connectivity index (χ1) is 16.4. The molecule has 6 nitrogen and oxygen atoms in total. The summed E-state index contributed by atoms with van der Waals surface area (Å²) in [5, 5.41) is 0. The summed E-state index contributed by atoms with van der Waals surface area (Å²) >= 11 is 0. The molecule has 0 radical (unpaired) electrons. The molecule has 1 unspecified atom stereocenters. The van der Waals surface area contributed by atoms with E-state index < -0.39 is 23.4 Å². The van der Waals surface area contributed by atoms with Gasteiger partial charge in [-0.2, -0.15) is 4.72 Å². The van der Waals surface area contributed by atoms with Crippen LogP contribution in [0.4, 0.5) is 0 Å². The number of hydrogen-bond donors (Lipinski definition) is 1. The lowest BCUT2D eigenvalue weighted by Crippen LogP contribution is -2.31. The van der Waals surface area contributed by atoms with Crippen LogP contribution in [0, 0.1) is 6.92 Å². The monoisotopic (exact) mass is 493 g/mol. The van der Waals surface area contributed by atoms with Gasteiger partial charge in [-0.1, -0.05) is 84.4 Å². The van der Waals surface area contributed by atoms with Crippen molar-refractivity contribution in [3.8, 4) is 11.5 Å². The van der Waals surface area contributed by atoms with E-state index in [0.29, 0.717) is 5.56 Å². The van der Waals surface area contributed by atoms with Crippen LogP contribution in [0.5, 0.6) is 11.5 Å². The van der Waals surface area contributed by atoms with E-state index in [1.165, 1.54) is 12.1 Å². The molecule has 4 aromatic rings. The van der Waals surface area contributed by atoms with E-state index in [4.69, 9.17) is 9.05 Å². The van der Waals surface area contributed by atoms with Gasteiger partial charge in [0, 0.05) is 0 Å². The average molecular weight is 494 g/mol. The van der Waals surface area contributed by atoms with E-state index in [0.717, 1.165) is 5.56 Å². The second-order valence-corrected chi connectivity index (χ2v) is 11.3. The van der Waals surface area contributed by atoms with E-state index in [2.05, 4.69) is 4.72 Å². The summed E-state index contributed by atoms with van der Waals surface area (Å²) in [5.41, 5.74) is 1.36. The van der Waals surface area contributed by atoms with Crippen molar-refractivity contribution in [2.45, 2.75) is 17.6 Å². The van der Waals surface area contributed by atoms with Crippen LogP contribution in [-0.4, -0.2) is 8.42 Å². The number of sulfonamides is 1. The molecule has 0 aliphatic heterocycles. The van der Waals surface area contributed by atoms with Crippen LogP contribution in [0.25, 0.3) is 0 Å². The molecule has 0 amide bonds. The zero-order valence-electron chi connectivity index (χ0n) is 18.4. The van der Waals surface area contributed by atoms with Crippen molar-refractivity contribution < 1.29 is 22.0 Å². The first-order valence-electron chi connectivity index (χ1n) is 10.6. The van der Waals surface area contributed by atoms with Gasteiger partial charge < -0.3 is 9.05 Å². The number of nitrogens with one attached hydrogen (secondary N) is 1. The second-order valence-electron chi connectivity index (χ2n) is 7.60. The van der Waals surface area contributed by atoms with Gasteiger partial charge in [0.15, 0.2) is 5.78 Å². The first-order valence-corrected chi connectivity index (χ1v) is 13.7. The quantitative estimate of drug-likeness (QED) is 0.276. The highest BCUT2D eigenvalue weighted by Gasteiger charge is 2.43. The van der Waals surface area contributed by atoms with Crippen molar-refractivity contribution in [2.75, 3.05) is 0 Å². The minimum absolute atomic E-state index is 0.0463. The Morgan fingerprint density at radius 1 is 0.676 bits per heavy atom. The molecule has 0 saturated heterocycles. The van der Waals surface area contributed by atoms with Gasteiger partial charge in [-0.3, -0.25) is 0 Å². The zero-order valence-corrected chi connectivity index (χ0v) is 20.2. The Bertz CT molecular complexity index is 1320. The Kier molecular flexibility index (Phi) is 7.17. The van der Waals surface area contributed by atoms with Gasteiger partial charge in [-0.15, -0.1) is 0 Å². The molecule has 0 aliphatic rings. The fourth-order valence-electron chi connectivity index (χ4n) is 3.26. The highest BCUT2D eigenvalue weighted by molar-refractivity contribution is 7.89. The topological polar surface area (TPSA) is 81.7 Å². The van der Waals surface area contributed by atoms with Gasteiger partial charge in [-0.05, 0) is 48.9 Å². The fraction of sp³-hybridized carbons (Fsp3) is 0.0769. The maximum Gasteiger partial charge on any atom is 0.453 e. The van der Waals surface area contributed by atoms with Crippen LogP contribution >= 0.6 is 7.60 Å². The number of benzene rings is 4. The summed E-state index contributed by atoms with van der Waals surface area (Å²) in [4.78, 5) is 0.0463. The lowest BCUT2D eigenvalue weighted by Gasteiger charge is -2.28. The van der Waals surface area contributed by atoms with Crippen LogP contribution in [0.1, 0.15) is 16.9 Å². The Labute approximate surface area is 199 Å². The number of aryl methyl sites for hydroxylation is 1. The molecule has 34 heavy (non-hydrogen) atoms. The molecule has 174 valence electrons. The first kappa shape index (κ1) is 23.8. The number of para-hydroxylation sites is 2. The molecule has 1 atom stereocenters. The van der Waals surface area contributed by atoms with E-state index in [1.807, 2.05) is 6.92 Å². The smallest absolute Gasteiger partial charge is 0.415 e. The zero-order chi connectivity index (χ0) is 24.0. The average Bonchev–Trinajstić information content (AvgIpc) is 2.84. The molecule has 8 heteroatoms. The Hall–Kier alpha value is -3.38. The molecule has 4 rings (SSSR count). The van der Waals surface area contributed by atoms with Crippen LogP contribution in [-0.2, 0) is 14.6 Å². The summed E-state index contributed by atoms with van der Waals surface area (Å²) < 4.78 is 55.6. The van der Waals surface area contributed by atoms with Crippen molar-refractivity contribution in [3.05, 3.63) is 126 Å². The van der Waals surface area contributed by atoms with Crippen molar-refractivity contribution in [3.63, 3.8) is 0 Å². The molecule has 0 heterocycles. The molecule has 0 bridgehead atoms. The summed E-state index contributed by atoms with van der Waals surface area (Å²) in [5.74, 6) is -0.741. The molecule has 0 fully saturated rings. The molecule has 4 aromatic carbocycles. The standard InChI is InChI=1S/C26H24NO5PS/c1-21-17-19-25(20-18-21)34(29,30)27-26(22-11-5-2-6-12-22)33(28,31-23-13-7-3-8-14-23)32-24-15-9-4-10-16-24/h2-20,26-27H,1H3. The molecule has 0 saturated carbocycles. The summed E-state index contributed by atoms with van der Waals surface area (Å²) in [6, 6.07) is 32.1. The van der Waals surface area contributed by atoms with E-state index >= 15 is 0 Å². The van der Waals surface area contributed by atoms with Crippen molar-refractivity contribution in [1.82, 2.24) is 4.72 Å². The minimum Gasteiger partial charge on any atom is -0.415 e. The molecule has 0 aromatic heterocycles. The fourth-order valence-corrected chi connectivity index (χ4v) is 6.87. The van der Waals surface area contributed by atoms with Gasteiger partial charge >= 0.3 is 7.60 Å². The third-order valence-electron chi connectivity index (χ3n) is 4.98. The Morgan fingerprint density at radius 3 is 1.59 bits per heavy atom. The van der Waals surface area contributed by atoms with Gasteiger partial charge in [0.1, 0.15) is 11.5 Å². The molecular weight excluding hydrogens is 469 g/mol. The van der Waals surface area contributed by atoms with Gasteiger partial charge in [0.2, 0.25) is 10.0 Å². The number of rotatable bonds is 9. The van der Waals surface area contributed by atoms with Crippen LogP contribution < -0.4 is 13.8 Å². The lowest BCUT2D eigenvalue weighted by atomic mass is 10.2.